The number of fused-ring (bicyclic) bond motifs is 1. The molecule has 1 unspecified atom stereocenters. The Morgan fingerprint density at radius 1 is 0.926 bits per heavy atom. The van der Waals surface area contributed by atoms with Gasteiger partial charge in [-0.2, -0.15) is 5.10 Å². The molecule has 1 fully saturated rings. The van der Waals surface area contributed by atoms with Gasteiger partial charge in [-0.25, -0.2) is 13.9 Å². The number of aliphatic hydroxyl groups is 2. The minimum absolute atomic E-state index is 0.0307. The van der Waals surface area contributed by atoms with E-state index in [1.54, 1.807) is 30.0 Å². The summed E-state index contributed by atoms with van der Waals surface area (Å²) in [6, 6.07) is 15.6. The standard InChI is InChI=1S/C41H46ClFN4O7/c1-40(2,54-25-41(3,23-48)24-49)29-14-17-45(18-15-29)33-8-4-6-31-30(33)16-19-46(37(31)35(50)20-26-10-12-27(13-11-26)39(52)53)38(51)28-21-44-47(22-28)34-9-5-7-32(42)36(34)43/h4-13,21-22,29,37,48-49H,14-20,23-25H2,1-3H3,(H,52,53). The van der Waals surface area contributed by atoms with Crippen LogP contribution in [0.3, 0.4) is 0 Å². The zero-order chi connectivity index (χ0) is 38.8. The molecule has 0 spiro atoms. The smallest absolute Gasteiger partial charge is 0.335 e. The third kappa shape index (κ3) is 8.07. The van der Waals surface area contributed by atoms with Crippen molar-refractivity contribution in [2.24, 2.45) is 11.3 Å². The molecule has 1 aromatic heterocycles. The number of carbonyl (C=O) groups excluding carboxylic acids is 2. The molecule has 0 radical (unpaired) electrons. The lowest BCUT2D eigenvalue weighted by molar-refractivity contribution is -0.123. The molecule has 0 aliphatic carbocycles. The van der Waals surface area contributed by atoms with Crippen molar-refractivity contribution in [3.63, 3.8) is 0 Å². The van der Waals surface area contributed by atoms with Crippen molar-refractivity contribution >= 4 is 34.9 Å². The number of ketones is 1. The fourth-order valence-electron chi connectivity index (χ4n) is 7.41. The van der Waals surface area contributed by atoms with E-state index in [1.807, 2.05) is 12.1 Å². The van der Waals surface area contributed by atoms with E-state index in [9.17, 15) is 34.1 Å². The number of halogens is 2. The van der Waals surface area contributed by atoms with Crippen LogP contribution < -0.4 is 4.90 Å². The lowest BCUT2D eigenvalue weighted by atomic mass is 9.81. The second-order valence-electron chi connectivity index (χ2n) is 15.2. The maximum Gasteiger partial charge on any atom is 0.335 e. The Balaban J connectivity index is 1.27. The summed E-state index contributed by atoms with van der Waals surface area (Å²) in [5.74, 6) is -2.16. The Kier molecular flexibility index (Phi) is 11.6. The molecular formula is C41H46ClFN4O7. The number of carboxylic acids is 1. The number of aliphatic hydroxyl groups excluding tert-OH is 2. The van der Waals surface area contributed by atoms with Crippen molar-refractivity contribution in [2.75, 3.05) is 44.4 Å². The number of Topliss-reactive ketones (excluding diaryl/α,β-unsaturated/α-hetero) is 1. The van der Waals surface area contributed by atoms with Crippen LogP contribution in [0.15, 0.2) is 73.1 Å². The number of nitrogens with zero attached hydrogens (tertiary/aromatic N) is 4. The number of benzene rings is 3. The van der Waals surface area contributed by atoms with Gasteiger partial charge in [-0.15, -0.1) is 0 Å². The number of amides is 1. The third-order valence-corrected chi connectivity index (χ3v) is 11.2. The number of carbonyl (C=O) groups is 3. The summed E-state index contributed by atoms with van der Waals surface area (Å²) in [5, 5.41) is 33.0. The van der Waals surface area contributed by atoms with Gasteiger partial charge in [0.25, 0.3) is 5.91 Å². The van der Waals surface area contributed by atoms with Crippen LogP contribution in [-0.2, 0) is 22.4 Å². The zero-order valence-corrected chi connectivity index (χ0v) is 31.4. The Labute approximate surface area is 318 Å². The van der Waals surface area contributed by atoms with E-state index in [0.717, 1.165) is 42.7 Å². The van der Waals surface area contributed by atoms with Crippen LogP contribution in [0.1, 0.15) is 77.1 Å². The van der Waals surface area contributed by atoms with Gasteiger partial charge in [-0.05, 0) is 86.1 Å². The van der Waals surface area contributed by atoms with Gasteiger partial charge in [-0.3, -0.25) is 9.59 Å². The van der Waals surface area contributed by atoms with Gasteiger partial charge in [0.05, 0.1) is 47.8 Å². The van der Waals surface area contributed by atoms with E-state index in [0.29, 0.717) is 12.0 Å². The highest BCUT2D eigenvalue weighted by molar-refractivity contribution is 6.30. The first-order valence-electron chi connectivity index (χ1n) is 18.1. The predicted octanol–water partition coefficient (Wildman–Crippen LogP) is 5.92. The van der Waals surface area contributed by atoms with E-state index in [1.165, 1.54) is 41.3 Å². The number of carboxylic acid groups (broad SMARTS) is 1. The SMILES string of the molecule is CC(CO)(CO)COC(C)(C)C1CCN(c2cccc3c2CCN(C(=O)c2cnn(-c4cccc(Cl)c4F)c2)C3C(=O)Cc2ccc(C(=O)O)cc2)CC1. The van der Waals surface area contributed by atoms with E-state index in [4.69, 9.17) is 16.3 Å². The highest BCUT2D eigenvalue weighted by Crippen LogP contribution is 2.40. The Bertz CT molecular complexity index is 2000. The molecule has 2 aliphatic rings. The molecule has 3 aromatic carbocycles. The molecule has 4 aromatic rings. The highest BCUT2D eigenvalue weighted by atomic mass is 35.5. The molecule has 13 heteroatoms. The van der Waals surface area contributed by atoms with Crippen molar-refractivity contribution in [3.05, 3.63) is 112 Å². The van der Waals surface area contributed by atoms with Crippen LogP contribution in [0, 0.1) is 17.2 Å². The number of aromatic nitrogens is 2. The second-order valence-corrected chi connectivity index (χ2v) is 15.6. The maximum atomic E-state index is 14.8. The Morgan fingerprint density at radius 2 is 1.59 bits per heavy atom. The Hall–Kier alpha value is -4.62. The number of hydrogen-bond acceptors (Lipinski definition) is 8. The van der Waals surface area contributed by atoms with Crippen LogP contribution in [-0.4, -0.2) is 92.7 Å². The van der Waals surface area contributed by atoms with Gasteiger partial charge in [0.15, 0.2) is 11.6 Å². The summed E-state index contributed by atoms with van der Waals surface area (Å²) < 4.78 is 22.4. The first kappa shape index (κ1) is 39.1. The van der Waals surface area contributed by atoms with Crippen molar-refractivity contribution < 1.29 is 38.8 Å². The topological polar surface area (TPSA) is 145 Å². The van der Waals surface area contributed by atoms with E-state index < -0.39 is 34.8 Å². The van der Waals surface area contributed by atoms with Crippen LogP contribution >= 0.6 is 11.6 Å². The predicted molar refractivity (Wildman–Crippen MR) is 202 cm³/mol. The average molecular weight is 761 g/mol. The largest absolute Gasteiger partial charge is 0.478 e. The number of anilines is 1. The van der Waals surface area contributed by atoms with Gasteiger partial charge in [0.1, 0.15) is 11.7 Å². The molecule has 1 amide bonds. The number of rotatable bonds is 13. The summed E-state index contributed by atoms with van der Waals surface area (Å²) in [6.07, 6.45) is 4.95. The molecule has 54 heavy (non-hydrogen) atoms. The molecule has 0 bridgehead atoms. The minimum Gasteiger partial charge on any atom is -0.478 e. The first-order chi connectivity index (χ1) is 25.7. The van der Waals surface area contributed by atoms with Gasteiger partial charge in [0, 0.05) is 43.4 Å². The van der Waals surface area contributed by atoms with E-state index in [2.05, 4.69) is 29.9 Å². The summed E-state index contributed by atoms with van der Waals surface area (Å²) in [5.41, 5.74) is 2.54. The van der Waals surface area contributed by atoms with Crippen LogP contribution in [0.4, 0.5) is 10.1 Å². The molecular weight excluding hydrogens is 715 g/mol. The van der Waals surface area contributed by atoms with E-state index in [-0.39, 0.29) is 66.3 Å². The van der Waals surface area contributed by atoms with Crippen LogP contribution in [0.2, 0.25) is 5.02 Å². The second kappa shape index (κ2) is 16.0. The van der Waals surface area contributed by atoms with Gasteiger partial charge >= 0.3 is 5.97 Å². The fraction of sp³-hybridized carbons (Fsp3) is 0.415. The Morgan fingerprint density at radius 3 is 2.26 bits per heavy atom. The van der Waals surface area contributed by atoms with Gasteiger partial charge in [-0.1, -0.05) is 48.9 Å². The van der Waals surface area contributed by atoms with Gasteiger partial charge < -0.3 is 29.9 Å². The molecule has 1 saturated heterocycles. The van der Waals surface area contributed by atoms with Gasteiger partial charge in [0.2, 0.25) is 0 Å². The minimum atomic E-state index is -1.07. The number of hydrogen-bond donors (Lipinski definition) is 3. The molecule has 3 heterocycles. The van der Waals surface area contributed by atoms with Crippen LogP contribution in [0.25, 0.3) is 5.69 Å². The first-order valence-corrected chi connectivity index (χ1v) is 18.5. The number of piperidine rings is 1. The summed E-state index contributed by atoms with van der Waals surface area (Å²) >= 11 is 6.00. The molecule has 3 N–H and O–H groups in total. The zero-order valence-electron chi connectivity index (χ0n) is 30.7. The monoisotopic (exact) mass is 760 g/mol. The third-order valence-electron chi connectivity index (χ3n) is 10.9. The van der Waals surface area contributed by atoms with E-state index >= 15 is 0 Å². The molecule has 0 saturated carbocycles. The van der Waals surface area contributed by atoms with Crippen molar-refractivity contribution in [2.45, 2.75) is 58.1 Å². The van der Waals surface area contributed by atoms with Crippen molar-refractivity contribution in [1.29, 1.82) is 0 Å². The number of aromatic carboxylic acids is 1. The maximum absolute atomic E-state index is 14.8. The summed E-state index contributed by atoms with van der Waals surface area (Å²) in [6.45, 7) is 7.55. The van der Waals surface area contributed by atoms with Crippen LogP contribution in [0.5, 0.6) is 0 Å². The highest BCUT2D eigenvalue weighted by Gasteiger charge is 2.40. The molecule has 6 rings (SSSR count). The quantitative estimate of drug-likeness (QED) is 0.151. The summed E-state index contributed by atoms with van der Waals surface area (Å²) in [4.78, 5) is 43.9. The number of ether oxygens (including phenoxy) is 1. The lowest BCUT2D eigenvalue weighted by Crippen LogP contribution is -2.47. The lowest BCUT2D eigenvalue weighted by Gasteiger charge is -2.44. The molecule has 286 valence electrons. The molecule has 11 nitrogen and oxygen atoms in total. The molecule has 1 atom stereocenters. The molecule has 2 aliphatic heterocycles. The average Bonchev–Trinajstić information content (AvgIpc) is 3.67. The fourth-order valence-corrected chi connectivity index (χ4v) is 7.58. The van der Waals surface area contributed by atoms with Crippen molar-refractivity contribution in [1.82, 2.24) is 14.7 Å². The van der Waals surface area contributed by atoms with Crippen molar-refractivity contribution in [3.8, 4) is 5.69 Å². The normalized spacial score (nSPS) is 16.7. The summed E-state index contributed by atoms with van der Waals surface area (Å²) in [7, 11) is 0.